The third-order valence-electron chi connectivity index (χ3n) is 3.16. The number of aliphatic hydroxyl groups is 1. The van der Waals surface area contributed by atoms with Crippen molar-refractivity contribution < 1.29 is 10.2 Å². The van der Waals surface area contributed by atoms with E-state index in [-0.39, 0.29) is 12.3 Å². The van der Waals surface area contributed by atoms with Crippen LogP contribution in [-0.2, 0) is 0 Å². The zero-order valence-electron chi connectivity index (χ0n) is 9.26. The van der Waals surface area contributed by atoms with Gasteiger partial charge in [0.15, 0.2) is 0 Å². The fraction of sp³-hybridized carbons (Fsp3) is 0.500. The van der Waals surface area contributed by atoms with Gasteiger partial charge in [0, 0.05) is 19.6 Å². The average Bonchev–Trinajstić information content (AvgIpc) is 2.30. The van der Waals surface area contributed by atoms with Gasteiger partial charge in [-0.25, -0.2) is 0 Å². The van der Waals surface area contributed by atoms with E-state index in [1.807, 2.05) is 17.0 Å². The molecule has 16 heavy (non-hydrogen) atoms. The van der Waals surface area contributed by atoms with Gasteiger partial charge in [0.2, 0.25) is 0 Å². The lowest BCUT2D eigenvalue weighted by atomic mass is 9.92. The van der Waals surface area contributed by atoms with Crippen molar-refractivity contribution in [1.82, 2.24) is 0 Å². The number of nitrogens with zero attached hydrogens (tertiary/aromatic N) is 1. The van der Waals surface area contributed by atoms with Crippen molar-refractivity contribution in [2.45, 2.75) is 18.4 Å². The summed E-state index contributed by atoms with van der Waals surface area (Å²) in [6.07, 6.45) is 1.62. The number of β-amino-alcohol motifs (C(OH)–C–C–N with tert-alkyl or cyclic N) is 1. The quantitative estimate of drug-likeness (QED) is 0.688. The van der Waals surface area contributed by atoms with E-state index in [0.29, 0.717) is 6.54 Å². The third-order valence-corrected chi connectivity index (χ3v) is 3.16. The predicted molar refractivity (Wildman–Crippen MR) is 63.6 cm³/mol. The SMILES string of the molecule is NCC1(O)CCCN(c2ccccc2O)C1. The topological polar surface area (TPSA) is 69.7 Å². The van der Waals surface area contributed by atoms with Crippen molar-refractivity contribution in [3.05, 3.63) is 24.3 Å². The zero-order chi connectivity index (χ0) is 11.6. The fourth-order valence-corrected chi connectivity index (χ4v) is 2.22. The Morgan fingerprint density at radius 2 is 2.12 bits per heavy atom. The van der Waals surface area contributed by atoms with Gasteiger partial charge in [-0.15, -0.1) is 0 Å². The summed E-state index contributed by atoms with van der Waals surface area (Å²) in [5.74, 6) is 0.253. The highest BCUT2D eigenvalue weighted by atomic mass is 16.3. The lowest BCUT2D eigenvalue weighted by molar-refractivity contribution is 0.0346. The number of hydrogen-bond acceptors (Lipinski definition) is 4. The molecule has 1 saturated heterocycles. The largest absolute Gasteiger partial charge is 0.506 e. The van der Waals surface area contributed by atoms with Crippen LogP contribution in [0.1, 0.15) is 12.8 Å². The number of benzene rings is 1. The standard InChI is InChI=1S/C12H18N2O2/c13-8-12(16)6-3-7-14(9-12)10-4-1-2-5-11(10)15/h1-2,4-5,15-16H,3,6-9,13H2. The van der Waals surface area contributed by atoms with E-state index in [9.17, 15) is 10.2 Å². The summed E-state index contributed by atoms with van der Waals surface area (Å²) in [6, 6.07) is 7.19. The van der Waals surface area contributed by atoms with E-state index in [1.165, 1.54) is 0 Å². The summed E-state index contributed by atoms with van der Waals surface area (Å²) in [5.41, 5.74) is 5.53. The molecule has 2 rings (SSSR count). The van der Waals surface area contributed by atoms with Gasteiger partial charge in [-0.2, -0.15) is 0 Å². The molecule has 1 aromatic carbocycles. The Hall–Kier alpha value is -1.26. The summed E-state index contributed by atoms with van der Waals surface area (Å²) >= 11 is 0. The first-order valence-electron chi connectivity index (χ1n) is 5.60. The molecule has 4 heteroatoms. The first-order valence-corrected chi connectivity index (χ1v) is 5.60. The van der Waals surface area contributed by atoms with Crippen LogP contribution in [0, 0.1) is 0 Å². The van der Waals surface area contributed by atoms with Gasteiger partial charge in [0.05, 0.1) is 11.3 Å². The van der Waals surface area contributed by atoms with Gasteiger partial charge in [-0.05, 0) is 25.0 Å². The second-order valence-corrected chi connectivity index (χ2v) is 4.44. The van der Waals surface area contributed by atoms with E-state index < -0.39 is 5.60 Å². The Balaban J connectivity index is 2.19. The maximum atomic E-state index is 10.2. The fourth-order valence-electron chi connectivity index (χ4n) is 2.22. The van der Waals surface area contributed by atoms with E-state index in [0.717, 1.165) is 25.1 Å². The highest BCUT2D eigenvalue weighted by molar-refractivity contribution is 5.58. The number of piperidine rings is 1. The van der Waals surface area contributed by atoms with Crippen molar-refractivity contribution in [3.8, 4) is 5.75 Å². The van der Waals surface area contributed by atoms with Crippen LogP contribution in [0.3, 0.4) is 0 Å². The van der Waals surface area contributed by atoms with Crippen LogP contribution in [0.15, 0.2) is 24.3 Å². The van der Waals surface area contributed by atoms with Gasteiger partial charge in [-0.1, -0.05) is 12.1 Å². The molecule has 88 valence electrons. The van der Waals surface area contributed by atoms with Crippen LogP contribution in [0.25, 0.3) is 0 Å². The second-order valence-electron chi connectivity index (χ2n) is 4.44. The van der Waals surface area contributed by atoms with Crippen molar-refractivity contribution in [2.75, 3.05) is 24.5 Å². The Bertz CT molecular complexity index is 370. The summed E-state index contributed by atoms with van der Waals surface area (Å²) in [6.45, 7) is 1.60. The molecule has 0 bridgehead atoms. The minimum Gasteiger partial charge on any atom is -0.506 e. The molecule has 1 atom stereocenters. The van der Waals surface area contributed by atoms with Crippen LogP contribution in [0.4, 0.5) is 5.69 Å². The number of anilines is 1. The van der Waals surface area contributed by atoms with E-state index >= 15 is 0 Å². The Morgan fingerprint density at radius 3 is 2.81 bits per heavy atom. The molecule has 4 N–H and O–H groups in total. The van der Waals surface area contributed by atoms with Gasteiger partial charge in [0.25, 0.3) is 0 Å². The predicted octanol–water partition coefficient (Wildman–Crippen LogP) is 0.682. The minimum atomic E-state index is -0.819. The molecule has 0 radical (unpaired) electrons. The van der Waals surface area contributed by atoms with Crippen LogP contribution in [-0.4, -0.2) is 35.4 Å². The van der Waals surface area contributed by atoms with E-state index in [4.69, 9.17) is 5.73 Å². The van der Waals surface area contributed by atoms with Crippen molar-refractivity contribution >= 4 is 5.69 Å². The molecule has 0 saturated carbocycles. The number of phenols is 1. The normalized spacial score (nSPS) is 25.8. The monoisotopic (exact) mass is 222 g/mol. The van der Waals surface area contributed by atoms with E-state index in [1.54, 1.807) is 12.1 Å². The van der Waals surface area contributed by atoms with Gasteiger partial charge in [-0.3, -0.25) is 0 Å². The zero-order valence-corrected chi connectivity index (χ0v) is 9.26. The molecule has 0 aromatic heterocycles. The summed E-state index contributed by atoms with van der Waals surface area (Å²) in [4.78, 5) is 1.99. The first kappa shape index (κ1) is 11.2. The van der Waals surface area contributed by atoms with Crippen LogP contribution in [0.5, 0.6) is 5.75 Å². The molecular formula is C12H18N2O2. The molecule has 1 aromatic rings. The highest BCUT2D eigenvalue weighted by Gasteiger charge is 2.32. The number of aromatic hydroxyl groups is 1. The lowest BCUT2D eigenvalue weighted by Gasteiger charge is -2.39. The summed E-state index contributed by atoms with van der Waals surface area (Å²) in [7, 11) is 0. The number of hydrogen-bond donors (Lipinski definition) is 3. The molecule has 1 fully saturated rings. The van der Waals surface area contributed by atoms with Crippen molar-refractivity contribution in [1.29, 1.82) is 0 Å². The number of nitrogens with two attached hydrogens (primary N) is 1. The van der Waals surface area contributed by atoms with Crippen LogP contribution in [0.2, 0.25) is 0 Å². The summed E-state index contributed by atoms with van der Waals surface area (Å²) < 4.78 is 0. The molecule has 1 heterocycles. The van der Waals surface area contributed by atoms with Gasteiger partial charge in [0.1, 0.15) is 5.75 Å². The number of para-hydroxylation sites is 2. The maximum Gasteiger partial charge on any atom is 0.138 e. The Morgan fingerprint density at radius 1 is 1.38 bits per heavy atom. The summed E-state index contributed by atoms with van der Waals surface area (Å²) in [5, 5.41) is 19.9. The van der Waals surface area contributed by atoms with Crippen LogP contribution >= 0.6 is 0 Å². The Labute approximate surface area is 95.3 Å². The van der Waals surface area contributed by atoms with Crippen molar-refractivity contribution in [3.63, 3.8) is 0 Å². The molecule has 0 amide bonds. The highest BCUT2D eigenvalue weighted by Crippen LogP contribution is 2.31. The molecule has 0 spiro atoms. The molecule has 4 nitrogen and oxygen atoms in total. The average molecular weight is 222 g/mol. The Kier molecular flexibility index (Phi) is 3.03. The smallest absolute Gasteiger partial charge is 0.138 e. The molecular weight excluding hydrogens is 204 g/mol. The molecule has 1 aliphatic rings. The second kappa shape index (κ2) is 4.31. The van der Waals surface area contributed by atoms with Crippen LogP contribution < -0.4 is 10.6 Å². The molecule has 1 aliphatic heterocycles. The lowest BCUT2D eigenvalue weighted by Crippen LogP contribution is -2.52. The number of rotatable bonds is 2. The molecule has 0 aliphatic carbocycles. The van der Waals surface area contributed by atoms with Gasteiger partial charge < -0.3 is 20.8 Å². The van der Waals surface area contributed by atoms with Crippen molar-refractivity contribution in [2.24, 2.45) is 5.73 Å². The molecule has 1 unspecified atom stereocenters. The first-order chi connectivity index (χ1) is 7.64. The van der Waals surface area contributed by atoms with Gasteiger partial charge >= 0.3 is 0 Å². The maximum absolute atomic E-state index is 10.2. The van der Waals surface area contributed by atoms with E-state index in [2.05, 4.69) is 0 Å². The minimum absolute atomic E-state index is 0.253. The third kappa shape index (κ3) is 2.13. The number of phenolic OH excluding ortho intramolecular Hbond substituents is 1.